The van der Waals surface area contributed by atoms with E-state index in [9.17, 15) is 4.39 Å². The summed E-state index contributed by atoms with van der Waals surface area (Å²) in [5, 5.41) is 0. The number of hydrogen-bond donors (Lipinski definition) is 0. The second-order valence-corrected chi connectivity index (χ2v) is 5.74. The van der Waals surface area contributed by atoms with Gasteiger partial charge in [-0.1, -0.05) is 30.3 Å². The molecule has 0 fully saturated rings. The second kappa shape index (κ2) is 8.54. The predicted molar refractivity (Wildman–Crippen MR) is 88.9 cm³/mol. The Morgan fingerprint density at radius 1 is 1.00 bits per heavy atom. The molecule has 0 aromatic heterocycles. The van der Waals surface area contributed by atoms with E-state index in [-0.39, 0.29) is 5.82 Å². The fourth-order valence-electron chi connectivity index (χ4n) is 2.37. The number of aryl methyl sites for hydroxylation is 2. The molecule has 0 spiro atoms. The van der Waals surface area contributed by atoms with Gasteiger partial charge in [0.25, 0.3) is 0 Å². The molecule has 0 bridgehead atoms. The molecule has 0 aliphatic rings. The molecule has 3 heteroatoms. The van der Waals surface area contributed by atoms with Crippen LogP contribution in [0.5, 0.6) is 5.75 Å². The molecule has 0 radical (unpaired) electrons. The zero-order chi connectivity index (χ0) is 15.8. The van der Waals surface area contributed by atoms with Crippen LogP contribution in [-0.2, 0) is 12.8 Å². The lowest BCUT2D eigenvalue weighted by Crippen LogP contribution is -2.15. The van der Waals surface area contributed by atoms with E-state index in [1.54, 1.807) is 12.1 Å². The number of halogens is 1. The van der Waals surface area contributed by atoms with Crippen LogP contribution in [0.1, 0.15) is 17.5 Å². The molecule has 0 atom stereocenters. The summed E-state index contributed by atoms with van der Waals surface area (Å²) in [5.41, 5.74) is 2.19. The second-order valence-electron chi connectivity index (χ2n) is 5.74. The summed E-state index contributed by atoms with van der Waals surface area (Å²) < 4.78 is 19.3. The molecule has 0 saturated carbocycles. The number of nitrogens with zero attached hydrogens (tertiary/aromatic N) is 1. The molecule has 0 amide bonds. The Labute approximate surface area is 132 Å². The highest BCUT2D eigenvalue weighted by atomic mass is 19.1. The summed E-state index contributed by atoms with van der Waals surface area (Å²) in [6, 6.07) is 15.0. The zero-order valence-electron chi connectivity index (χ0n) is 13.4. The van der Waals surface area contributed by atoms with Crippen molar-refractivity contribution in [2.24, 2.45) is 0 Å². The topological polar surface area (TPSA) is 12.5 Å². The van der Waals surface area contributed by atoms with Gasteiger partial charge in [-0.3, -0.25) is 0 Å². The van der Waals surface area contributed by atoms with Crippen molar-refractivity contribution in [1.29, 1.82) is 0 Å². The van der Waals surface area contributed by atoms with Gasteiger partial charge < -0.3 is 9.64 Å². The molecule has 2 aromatic carbocycles. The standard InChI is InChI=1S/C19H24FNO/c1-21(2)13-6-14-22-19-12-11-18(20)15-17(19)10-9-16-7-4-3-5-8-16/h3-5,7-8,11-12,15H,6,9-10,13-14H2,1-2H3. The van der Waals surface area contributed by atoms with Crippen molar-refractivity contribution in [3.63, 3.8) is 0 Å². The van der Waals surface area contributed by atoms with Gasteiger partial charge in [-0.2, -0.15) is 0 Å². The van der Waals surface area contributed by atoms with Crippen molar-refractivity contribution < 1.29 is 9.13 Å². The normalized spacial score (nSPS) is 10.9. The third-order valence-corrected chi connectivity index (χ3v) is 3.56. The van der Waals surface area contributed by atoms with Crippen LogP contribution in [0.15, 0.2) is 48.5 Å². The lowest BCUT2D eigenvalue weighted by atomic mass is 10.0. The molecular weight excluding hydrogens is 277 g/mol. The molecule has 0 saturated heterocycles. The summed E-state index contributed by atoms with van der Waals surface area (Å²) in [5.74, 6) is 0.597. The van der Waals surface area contributed by atoms with Crippen LogP contribution in [0, 0.1) is 5.82 Å². The van der Waals surface area contributed by atoms with Crippen LogP contribution in [-0.4, -0.2) is 32.1 Å². The third-order valence-electron chi connectivity index (χ3n) is 3.56. The summed E-state index contributed by atoms with van der Waals surface area (Å²) in [6.07, 6.45) is 2.63. The first-order valence-electron chi connectivity index (χ1n) is 7.75. The van der Waals surface area contributed by atoms with Gasteiger partial charge in [-0.15, -0.1) is 0 Å². The van der Waals surface area contributed by atoms with Gasteiger partial charge in [-0.25, -0.2) is 4.39 Å². The third kappa shape index (κ3) is 5.49. The van der Waals surface area contributed by atoms with E-state index in [1.165, 1.54) is 11.6 Å². The van der Waals surface area contributed by atoms with Gasteiger partial charge in [0, 0.05) is 6.54 Å². The molecule has 2 nitrogen and oxygen atoms in total. The smallest absolute Gasteiger partial charge is 0.123 e. The minimum Gasteiger partial charge on any atom is -0.493 e. The molecule has 22 heavy (non-hydrogen) atoms. The minimum atomic E-state index is -0.205. The highest BCUT2D eigenvalue weighted by Crippen LogP contribution is 2.22. The minimum absolute atomic E-state index is 0.205. The highest BCUT2D eigenvalue weighted by molar-refractivity contribution is 5.35. The molecule has 0 aliphatic heterocycles. The lowest BCUT2D eigenvalue weighted by molar-refractivity contribution is 0.279. The number of rotatable bonds is 8. The quantitative estimate of drug-likeness (QED) is 0.685. The van der Waals surface area contributed by atoms with Crippen LogP contribution in [0.3, 0.4) is 0 Å². The summed E-state index contributed by atoms with van der Waals surface area (Å²) in [6.45, 7) is 1.64. The zero-order valence-corrected chi connectivity index (χ0v) is 13.4. The van der Waals surface area contributed by atoms with E-state index in [1.807, 2.05) is 32.3 Å². The van der Waals surface area contributed by atoms with E-state index in [0.29, 0.717) is 6.61 Å². The van der Waals surface area contributed by atoms with E-state index in [4.69, 9.17) is 4.74 Å². The maximum atomic E-state index is 13.5. The lowest BCUT2D eigenvalue weighted by Gasteiger charge is -2.13. The van der Waals surface area contributed by atoms with Crippen LogP contribution in [0.25, 0.3) is 0 Å². The Morgan fingerprint density at radius 2 is 1.77 bits per heavy atom. The predicted octanol–water partition coefficient (Wildman–Crippen LogP) is 3.94. The van der Waals surface area contributed by atoms with E-state index < -0.39 is 0 Å². The largest absolute Gasteiger partial charge is 0.493 e. The average molecular weight is 301 g/mol. The van der Waals surface area contributed by atoms with Gasteiger partial charge in [0.1, 0.15) is 11.6 Å². The van der Waals surface area contributed by atoms with Crippen molar-refractivity contribution in [3.05, 3.63) is 65.5 Å². The van der Waals surface area contributed by atoms with Gasteiger partial charge >= 0.3 is 0 Å². The maximum Gasteiger partial charge on any atom is 0.123 e. The molecular formula is C19H24FNO. The fourth-order valence-corrected chi connectivity index (χ4v) is 2.37. The monoisotopic (exact) mass is 301 g/mol. The Hall–Kier alpha value is -1.87. The highest BCUT2D eigenvalue weighted by Gasteiger charge is 2.06. The summed E-state index contributed by atoms with van der Waals surface area (Å²) >= 11 is 0. The average Bonchev–Trinajstić information content (AvgIpc) is 2.52. The Balaban J connectivity index is 1.95. The molecule has 0 aliphatic carbocycles. The molecule has 2 rings (SSSR count). The van der Waals surface area contributed by atoms with Gasteiger partial charge in [0.15, 0.2) is 0 Å². The van der Waals surface area contributed by atoms with Crippen molar-refractivity contribution in [2.75, 3.05) is 27.2 Å². The number of benzene rings is 2. The SMILES string of the molecule is CN(C)CCCOc1ccc(F)cc1CCc1ccccc1. The van der Waals surface area contributed by atoms with Crippen molar-refractivity contribution >= 4 is 0 Å². The number of hydrogen-bond acceptors (Lipinski definition) is 2. The Bertz CT molecular complexity index is 569. The van der Waals surface area contributed by atoms with Gasteiger partial charge in [0.05, 0.1) is 6.61 Å². The van der Waals surface area contributed by atoms with Crippen molar-refractivity contribution in [1.82, 2.24) is 4.90 Å². The molecule has 0 N–H and O–H groups in total. The molecule has 118 valence electrons. The maximum absolute atomic E-state index is 13.5. The van der Waals surface area contributed by atoms with Crippen molar-refractivity contribution in [2.45, 2.75) is 19.3 Å². The van der Waals surface area contributed by atoms with Crippen LogP contribution in [0.2, 0.25) is 0 Å². The van der Waals surface area contributed by atoms with E-state index in [2.05, 4.69) is 17.0 Å². The Kier molecular flexibility index (Phi) is 6.41. The molecule has 2 aromatic rings. The molecule has 0 heterocycles. The fraction of sp³-hybridized carbons (Fsp3) is 0.368. The van der Waals surface area contributed by atoms with Crippen LogP contribution < -0.4 is 4.74 Å². The Morgan fingerprint density at radius 3 is 2.50 bits per heavy atom. The molecule has 0 unspecified atom stereocenters. The van der Waals surface area contributed by atoms with Crippen LogP contribution >= 0.6 is 0 Å². The van der Waals surface area contributed by atoms with E-state index in [0.717, 1.165) is 37.1 Å². The summed E-state index contributed by atoms with van der Waals surface area (Å²) in [7, 11) is 4.09. The van der Waals surface area contributed by atoms with Gasteiger partial charge in [0.2, 0.25) is 0 Å². The van der Waals surface area contributed by atoms with Crippen LogP contribution in [0.4, 0.5) is 4.39 Å². The first-order valence-corrected chi connectivity index (χ1v) is 7.75. The van der Waals surface area contributed by atoms with E-state index >= 15 is 0 Å². The first-order chi connectivity index (χ1) is 10.6. The number of ether oxygens (including phenoxy) is 1. The van der Waals surface area contributed by atoms with Gasteiger partial charge in [-0.05, 0) is 62.7 Å². The summed E-state index contributed by atoms with van der Waals surface area (Å²) in [4.78, 5) is 2.13. The first kappa shape index (κ1) is 16.5. The van der Waals surface area contributed by atoms with Crippen molar-refractivity contribution in [3.8, 4) is 5.75 Å².